The number of nitrogens with one attached hydrogen (secondary N) is 2. The number of benzene rings is 3. The van der Waals surface area contributed by atoms with Crippen molar-refractivity contribution in [2.75, 3.05) is 29.9 Å². The number of nitrogens with zero attached hydrogens (tertiary/aromatic N) is 3. The van der Waals surface area contributed by atoms with Crippen molar-refractivity contribution in [3.8, 4) is 0 Å². The number of urea groups is 1. The van der Waals surface area contributed by atoms with Gasteiger partial charge in [0.05, 0.1) is 17.3 Å². The Morgan fingerprint density at radius 2 is 1.59 bits per heavy atom. The van der Waals surface area contributed by atoms with Crippen molar-refractivity contribution in [2.45, 2.75) is 44.7 Å². The van der Waals surface area contributed by atoms with E-state index in [1.54, 1.807) is 60.7 Å². The van der Waals surface area contributed by atoms with Crippen molar-refractivity contribution in [3.05, 3.63) is 95.3 Å². The number of amides is 4. The summed E-state index contributed by atoms with van der Waals surface area (Å²) in [6.45, 7) is 2.58. The van der Waals surface area contributed by atoms with E-state index in [4.69, 9.17) is 0 Å². The molecule has 4 aliphatic rings. The summed E-state index contributed by atoms with van der Waals surface area (Å²) in [6, 6.07) is 18.6. The SMILES string of the molecule is CC(C(=O)O)c1cccc(NC(=O)NC2N=C(c3ccccc3F)c3ccccc3N(CC(=O)N3CC4CCC(CC4)C3)C2=O)c1. The van der Waals surface area contributed by atoms with Crippen molar-refractivity contribution in [1.29, 1.82) is 0 Å². The normalized spacial score (nSPS) is 21.4. The smallest absolute Gasteiger partial charge is 0.321 e. The number of aliphatic carboxylic acids is 1. The molecule has 11 heteroatoms. The third-order valence-electron chi connectivity index (χ3n) is 9.19. The topological polar surface area (TPSA) is 131 Å². The Kier molecular flexibility index (Phi) is 8.83. The number of hydrogen-bond donors (Lipinski definition) is 3. The molecule has 1 aliphatic carbocycles. The molecule has 3 fully saturated rings. The Hall–Kier alpha value is -5.06. The number of aliphatic imine (C=N–C) groups is 1. The molecule has 2 atom stereocenters. The number of hydrogen-bond acceptors (Lipinski definition) is 5. The molecule has 0 aromatic heterocycles. The minimum atomic E-state index is -1.50. The van der Waals surface area contributed by atoms with Crippen LogP contribution in [-0.2, 0) is 14.4 Å². The first-order valence-electron chi connectivity index (χ1n) is 15.6. The monoisotopic (exact) mass is 625 g/mol. The molecule has 2 bridgehead atoms. The van der Waals surface area contributed by atoms with E-state index in [-0.39, 0.29) is 23.7 Å². The number of anilines is 2. The van der Waals surface area contributed by atoms with Crippen LogP contribution in [0.5, 0.6) is 0 Å². The predicted molar refractivity (Wildman–Crippen MR) is 171 cm³/mol. The number of benzodiazepines with no additional fused rings is 1. The number of halogens is 1. The summed E-state index contributed by atoms with van der Waals surface area (Å²) in [4.78, 5) is 60.6. The van der Waals surface area contributed by atoms with Gasteiger partial charge in [0.2, 0.25) is 12.1 Å². The number of carbonyl (C=O) groups is 4. The summed E-state index contributed by atoms with van der Waals surface area (Å²) in [5, 5.41) is 14.7. The third-order valence-corrected chi connectivity index (χ3v) is 9.19. The zero-order valence-electron chi connectivity index (χ0n) is 25.5. The van der Waals surface area contributed by atoms with E-state index in [1.165, 1.54) is 24.0 Å². The van der Waals surface area contributed by atoms with E-state index in [2.05, 4.69) is 15.6 Å². The maximum atomic E-state index is 15.2. The number of para-hydroxylation sites is 1. The molecule has 2 unspecified atom stereocenters. The maximum Gasteiger partial charge on any atom is 0.321 e. The second kappa shape index (κ2) is 13.1. The highest BCUT2D eigenvalue weighted by molar-refractivity contribution is 6.21. The van der Waals surface area contributed by atoms with Crippen molar-refractivity contribution in [2.24, 2.45) is 16.8 Å². The second-order valence-corrected chi connectivity index (χ2v) is 12.3. The summed E-state index contributed by atoms with van der Waals surface area (Å²) >= 11 is 0. The highest BCUT2D eigenvalue weighted by atomic mass is 19.1. The first-order valence-corrected chi connectivity index (χ1v) is 15.6. The number of carboxylic acid groups (broad SMARTS) is 1. The van der Waals surface area contributed by atoms with Crippen LogP contribution in [-0.4, -0.2) is 65.3 Å². The van der Waals surface area contributed by atoms with Gasteiger partial charge < -0.3 is 20.6 Å². The van der Waals surface area contributed by atoms with Gasteiger partial charge in [0.25, 0.3) is 5.91 Å². The zero-order chi connectivity index (χ0) is 32.4. The summed E-state index contributed by atoms with van der Waals surface area (Å²) in [6.07, 6.45) is 2.88. The van der Waals surface area contributed by atoms with Gasteiger partial charge in [0.1, 0.15) is 12.4 Å². The second-order valence-electron chi connectivity index (χ2n) is 12.3. The van der Waals surface area contributed by atoms with Crippen LogP contribution >= 0.6 is 0 Å². The van der Waals surface area contributed by atoms with Crippen LogP contribution in [0.4, 0.5) is 20.6 Å². The lowest BCUT2D eigenvalue weighted by Crippen LogP contribution is -2.51. The minimum absolute atomic E-state index is 0.141. The van der Waals surface area contributed by atoms with Crippen molar-refractivity contribution in [3.63, 3.8) is 0 Å². The van der Waals surface area contributed by atoms with Crippen molar-refractivity contribution in [1.82, 2.24) is 10.2 Å². The van der Waals surface area contributed by atoms with Gasteiger partial charge in [-0.15, -0.1) is 0 Å². The molecule has 0 radical (unpaired) electrons. The Morgan fingerprint density at radius 1 is 0.935 bits per heavy atom. The van der Waals surface area contributed by atoms with Crippen LogP contribution < -0.4 is 15.5 Å². The lowest BCUT2D eigenvalue weighted by Gasteiger charge is -2.29. The van der Waals surface area contributed by atoms with Gasteiger partial charge >= 0.3 is 12.0 Å². The quantitative estimate of drug-likeness (QED) is 0.340. The molecule has 3 N–H and O–H groups in total. The van der Waals surface area contributed by atoms with E-state index in [1.807, 2.05) is 4.90 Å². The van der Waals surface area contributed by atoms with E-state index in [0.717, 1.165) is 25.7 Å². The number of carbonyl (C=O) groups excluding carboxylic acids is 3. The van der Waals surface area contributed by atoms with Gasteiger partial charge in [-0.1, -0.05) is 42.5 Å². The van der Waals surface area contributed by atoms with Crippen LogP contribution in [0.25, 0.3) is 0 Å². The van der Waals surface area contributed by atoms with Crippen molar-refractivity contribution >= 4 is 40.9 Å². The number of rotatable bonds is 7. The van der Waals surface area contributed by atoms with E-state index in [9.17, 15) is 24.3 Å². The molecule has 4 amide bonds. The molecule has 3 aliphatic heterocycles. The maximum absolute atomic E-state index is 15.2. The van der Waals surface area contributed by atoms with Crippen LogP contribution in [0.1, 0.15) is 55.2 Å². The summed E-state index contributed by atoms with van der Waals surface area (Å²) in [7, 11) is 0. The molecule has 3 aromatic carbocycles. The lowest BCUT2D eigenvalue weighted by atomic mass is 9.84. The average molecular weight is 626 g/mol. The predicted octanol–water partition coefficient (Wildman–Crippen LogP) is 4.99. The fourth-order valence-corrected chi connectivity index (χ4v) is 6.61. The Labute approximate surface area is 266 Å². The first-order chi connectivity index (χ1) is 22.2. The molecule has 46 heavy (non-hydrogen) atoms. The molecule has 238 valence electrons. The highest BCUT2D eigenvalue weighted by Crippen LogP contribution is 2.35. The first kappa shape index (κ1) is 30.9. The zero-order valence-corrected chi connectivity index (χ0v) is 25.5. The molecule has 10 nitrogen and oxygen atoms in total. The standard InChI is InChI=1S/C35H36FN5O5/c1-21(34(44)45)24-7-6-8-25(17-24)37-35(46)39-32-33(43)41(20-30(42)40-18-22-13-14-23(19-40)16-15-22)29-12-5-3-10-27(29)31(38-32)26-9-2-4-11-28(26)36/h2-12,17,21-23,32H,13-16,18-20H2,1H3,(H,44,45)(H2,37,39,46). The van der Waals surface area contributed by atoms with Crippen LogP contribution in [0, 0.1) is 17.7 Å². The Balaban J connectivity index is 1.33. The molecule has 2 saturated heterocycles. The number of carboxylic acids is 1. The highest BCUT2D eigenvalue weighted by Gasteiger charge is 2.37. The van der Waals surface area contributed by atoms with E-state index < -0.39 is 35.8 Å². The van der Waals surface area contributed by atoms with Crippen molar-refractivity contribution < 1.29 is 28.7 Å². The molecule has 1 saturated carbocycles. The van der Waals surface area contributed by atoms with Gasteiger partial charge in [-0.05, 0) is 80.3 Å². The third kappa shape index (κ3) is 6.49. The Morgan fingerprint density at radius 3 is 2.26 bits per heavy atom. The van der Waals surface area contributed by atoms with E-state index >= 15 is 4.39 Å². The minimum Gasteiger partial charge on any atom is -0.481 e. The van der Waals surface area contributed by atoms with Gasteiger partial charge in [-0.3, -0.25) is 19.3 Å². The van der Waals surface area contributed by atoms with Crippen LogP contribution in [0.3, 0.4) is 0 Å². The molecule has 0 spiro atoms. The summed E-state index contributed by atoms with van der Waals surface area (Å²) in [5.74, 6) is -2.31. The fraction of sp³-hybridized carbons (Fsp3) is 0.343. The van der Waals surface area contributed by atoms with Gasteiger partial charge in [0.15, 0.2) is 0 Å². The largest absolute Gasteiger partial charge is 0.481 e. The number of fused-ring (bicyclic) bond motifs is 5. The molecule has 3 aromatic rings. The molecule has 3 heterocycles. The molecular weight excluding hydrogens is 589 g/mol. The van der Waals surface area contributed by atoms with Gasteiger partial charge in [0, 0.05) is 29.9 Å². The summed E-state index contributed by atoms with van der Waals surface area (Å²) in [5.41, 5.74) is 1.94. The Bertz CT molecular complexity index is 1690. The summed E-state index contributed by atoms with van der Waals surface area (Å²) < 4.78 is 15.2. The average Bonchev–Trinajstić information content (AvgIpc) is 3.44. The van der Waals surface area contributed by atoms with Crippen LogP contribution in [0.15, 0.2) is 77.8 Å². The lowest BCUT2D eigenvalue weighted by molar-refractivity contribution is -0.138. The van der Waals surface area contributed by atoms with Gasteiger partial charge in [-0.2, -0.15) is 0 Å². The van der Waals surface area contributed by atoms with Gasteiger partial charge in [-0.25, -0.2) is 14.2 Å². The van der Waals surface area contributed by atoms with Crippen LogP contribution in [0.2, 0.25) is 0 Å². The fourth-order valence-electron chi connectivity index (χ4n) is 6.61. The molecule has 7 rings (SSSR count). The molecular formula is C35H36FN5O5. The van der Waals surface area contributed by atoms with E-state index in [0.29, 0.717) is 47.4 Å².